The quantitative estimate of drug-likeness (QED) is 0.0307. The number of hydrogen-bond donors (Lipinski definition) is 7. The number of unbranched alkanes of at least 4 members (excludes halogenated alkanes) is 8. The van der Waals surface area contributed by atoms with Gasteiger partial charge < -0.3 is 47.6 Å². The topological polar surface area (TPSA) is 251 Å². The van der Waals surface area contributed by atoms with Crippen molar-refractivity contribution in [1.29, 1.82) is 0 Å². The average Bonchev–Trinajstić information content (AvgIpc) is 3.99. The van der Waals surface area contributed by atoms with E-state index >= 15 is 0 Å². The Balaban J connectivity index is 0.801. The van der Waals surface area contributed by atoms with Crippen LogP contribution in [-0.4, -0.2) is 104 Å². The van der Waals surface area contributed by atoms with Crippen molar-refractivity contribution in [1.82, 2.24) is 35.8 Å². The summed E-state index contributed by atoms with van der Waals surface area (Å²) < 4.78 is 0. The van der Waals surface area contributed by atoms with Gasteiger partial charge in [0.15, 0.2) is 5.82 Å². The van der Waals surface area contributed by atoms with E-state index in [1.807, 2.05) is 70.5 Å². The second-order valence-electron chi connectivity index (χ2n) is 21.5. The number of nitrogens with one attached hydrogen (secondary N) is 4. The summed E-state index contributed by atoms with van der Waals surface area (Å²) in [5.41, 5.74) is 17.0. The number of aliphatic hydroxyl groups excluding tert-OH is 1. The number of aliphatic hydroxyl groups is 1. The molecule has 2 aliphatic heterocycles. The number of likely N-dealkylation sites (tertiary alicyclic amines) is 1. The minimum atomic E-state index is -0.867. The Bertz CT molecular complexity index is 2560. The molecule has 4 heterocycles. The first-order valence-electron chi connectivity index (χ1n) is 26.5. The molecule has 2 fully saturated rings. The Morgan fingerprint density at radius 2 is 1.55 bits per heavy atom. The minimum absolute atomic E-state index is 0.0138. The lowest BCUT2D eigenvalue weighted by Gasteiger charge is -2.37. The van der Waals surface area contributed by atoms with Crippen LogP contribution in [0.4, 0.5) is 17.3 Å². The number of nitrogens with zero attached hydrogens (tertiary/aromatic N) is 5. The Hall–Kier alpha value is -5.34. The van der Waals surface area contributed by atoms with Crippen molar-refractivity contribution in [2.75, 3.05) is 42.1 Å². The maximum absolute atomic E-state index is 14.1. The molecule has 0 spiro atoms. The molecule has 0 unspecified atom stereocenters. The van der Waals surface area contributed by atoms with Crippen LogP contribution in [-0.2, 0) is 24.0 Å². The second kappa shape index (κ2) is 27.6. The van der Waals surface area contributed by atoms with Crippen molar-refractivity contribution in [2.24, 2.45) is 11.1 Å². The van der Waals surface area contributed by atoms with E-state index in [2.05, 4.69) is 48.0 Å². The van der Waals surface area contributed by atoms with Gasteiger partial charge in [-0.2, -0.15) is 0 Å². The van der Waals surface area contributed by atoms with Crippen molar-refractivity contribution in [3.63, 3.8) is 0 Å². The lowest BCUT2D eigenvalue weighted by molar-refractivity contribution is -0.144. The monoisotopic (exact) mass is 1090 g/mol. The van der Waals surface area contributed by atoms with E-state index in [1.54, 1.807) is 29.7 Å². The zero-order chi connectivity index (χ0) is 54.3. The summed E-state index contributed by atoms with van der Waals surface area (Å²) in [7, 11) is 0. The van der Waals surface area contributed by atoms with Gasteiger partial charge in [0.2, 0.25) is 29.5 Å². The number of thiazole rings is 1. The molecule has 5 amide bonds. The molecular formula is C55H78ClN11O6S2. The highest BCUT2D eigenvalue weighted by Crippen LogP contribution is 2.39. The molecule has 2 saturated heterocycles. The number of benzene rings is 2. The lowest BCUT2D eigenvalue weighted by Crippen LogP contribution is -2.57. The highest BCUT2D eigenvalue weighted by atomic mass is 35.5. The van der Waals surface area contributed by atoms with Gasteiger partial charge in [-0.3, -0.25) is 24.0 Å². The van der Waals surface area contributed by atoms with Crippen LogP contribution in [0.2, 0.25) is 5.02 Å². The van der Waals surface area contributed by atoms with E-state index in [-0.39, 0.29) is 72.7 Å². The van der Waals surface area contributed by atoms with Gasteiger partial charge in [-0.25, -0.2) is 15.0 Å². The van der Waals surface area contributed by atoms with E-state index in [9.17, 15) is 29.1 Å². The summed E-state index contributed by atoms with van der Waals surface area (Å²) >= 11 is 9.54. The zero-order valence-electron chi connectivity index (χ0n) is 44.5. The van der Waals surface area contributed by atoms with E-state index < -0.39 is 23.6 Å². The first kappa shape index (κ1) is 58.9. The third-order valence-electron chi connectivity index (χ3n) is 14.0. The van der Waals surface area contributed by atoms with Crippen LogP contribution >= 0.6 is 34.7 Å². The van der Waals surface area contributed by atoms with Gasteiger partial charge in [0.05, 0.1) is 45.1 Å². The van der Waals surface area contributed by atoms with Crippen LogP contribution in [0, 0.1) is 12.3 Å². The number of carbonyl (C=O) groups excluding carboxylic acids is 5. The fourth-order valence-electron chi connectivity index (χ4n) is 9.30. The van der Waals surface area contributed by atoms with Crippen LogP contribution in [0.15, 0.2) is 64.1 Å². The zero-order valence-corrected chi connectivity index (χ0v) is 46.9. The second-order valence-corrected chi connectivity index (χ2v) is 23.8. The summed E-state index contributed by atoms with van der Waals surface area (Å²) in [5, 5.41) is 23.3. The molecule has 4 atom stereocenters. The number of halogens is 1. The van der Waals surface area contributed by atoms with Gasteiger partial charge in [-0.05, 0) is 75.1 Å². The molecule has 0 bridgehead atoms. The summed E-state index contributed by atoms with van der Waals surface area (Å²) in [6, 6.07) is 11.2. The molecule has 2 aliphatic rings. The first-order chi connectivity index (χ1) is 35.7. The molecule has 2 aromatic carbocycles. The third-order valence-corrected chi connectivity index (χ3v) is 16.5. The van der Waals surface area contributed by atoms with E-state index in [0.29, 0.717) is 45.8 Å². The molecule has 2 aromatic heterocycles. The molecule has 9 N–H and O–H groups in total. The van der Waals surface area contributed by atoms with Gasteiger partial charge in [0.1, 0.15) is 22.9 Å². The van der Waals surface area contributed by atoms with Gasteiger partial charge in [-0.15, -0.1) is 11.3 Å². The number of β-amino-alcohol motifs (C(OH)–C–C–N with tert-alkyl or cyclic N) is 1. The number of hydrogen-bond acceptors (Lipinski definition) is 14. The average molecular weight is 1090 g/mol. The lowest BCUT2D eigenvalue weighted by atomic mass is 9.85. The van der Waals surface area contributed by atoms with Gasteiger partial charge >= 0.3 is 0 Å². The van der Waals surface area contributed by atoms with E-state index in [4.69, 9.17) is 23.1 Å². The number of nitrogens with two attached hydrogens (primary N) is 2. The number of carbonyl (C=O) groups is 5. The van der Waals surface area contributed by atoms with E-state index in [0.717, 1.165) is 99.0 Å². The number of aryl methyl sites for hydroxylation is 1. The first-order valence-corrected chi connectivity index (χ1v) is 28.5. The Labute approximate surface area is 455 Å². The minimum Gasteiger partial charge on any atom is -0.391 e. The molecule has 0 aliphatic carbocycles. The van der Waals surface area contributed by atoms with Crippen LogP contribution < -0.4 is 37.6 Å². The highest BCUT2D eigenvalue weighted by Gasteiger charge is 2.44. The summed E-state index contributed by atoms with van der Waals surface area (Å²) in [4.78, 5) is 85.1. The van der Waals surface area contributed by atoms with Crippen LogP contribution in [0.25, 0.3) is 10.4 Å². The van der Waals surface area contributed by atoms with Gasteiger partial charge in [0.25, 0.3) is 0 Å². The third kappa shape index (κ3) is 17.6. The molecule has 4 aromatic rings. The van der Waals surface area contributed by atoms with Crippen molar-refractivity contribution >= 4 is 81.6 Å². The van der Waals surface area contributed by atoms with E-state index in [1.165, 1.54) is 16.7 Å². The standard InChI is InChI=1S/C55H78ClN11O6S2/c1-35(37-20-22-38(23-21-37)48-36(2)61-34-74-48)62-51(72)41-31-39(68)33-67(41)53(73)49(54(3,4)5)65-45(70)19-14-12-10-8-7-9-11-13-15-28-59-44(69)24-25-46(71)63-40-17-16-18-42(47(40)56)75-52-50(57)64-43(32-60-52)66-29-26-55(6,58)27-30-66/h16-18,20-23,32,34-35,39,41,49,68H,7-15,19,24-31,33,58H2,1-6H3,(H2,57,64)(H,59,69)(H,62,72)(H,63,71)(H,65,70)/t35-,39+,41-,49+/m1/s1. The fraction of sp³-hybridized carbons (Fsp3) is 0.564. The summed E-state index contributed by atoms with van der Waals surface area (Å²) in [6.07, 6.45) is 11.8. The number of anilines is 3. The highest BCUT2D eigenvalue weighted by molar-refractivity contribution is 7.99. The molecule has 6 rings (SSSR count). The van der Waals surface area contributed by atoms with Gasteiger partial charge in [-0.1, -0.05) is 119 Å². The molecule has 408 valence electrons. The smallest absolute Gasteiger partial charge is 0.246 e. The van der Waals surface area contributed by atoms with Gasteiger partial charge in [0, 0.05) is 62.3 Å². The molecular weight excluding hydrogens is 1010 g/mol. The Morgan fingerprint density at radius 3 is 2.19 bits per heavy atom. The predicted molar refractivity (Wildman–Crippen MR) is 299 cm³/mol. The maximum atomic E-state index is 14.1. The van der Waals surface area contributed by atoms with Crippen molar-refractivity contribution in [3.8, 4) is 10.4 Å². The van der Waals surface area contributed by atoms with Crippen LogP contribution in [0.3, 0.4) is 0 Å². The molecule has 0 radical (unpaired) electrons. The molecule has 75 heavy (non-hydrogen) atoms. The van der Waals surface area contributed by atoms with Crippen LogP contribution in [0.5, 0.6) is 0 Å². The number of amides is 5. The fourth-order valence-corrected chi connectivity index (χ4v) is 11.2. The summed E-state index contributed by atoms with van der Waals surface area (Å²) in [6.45, 7) is 13.7. The predicted octanol–water partition coefficient (Wildman–Crippen LogP) is 8.72. The van der Waals surface area contributed by atoms with Crippen LogP contribution in [0.1, 0.15) is 148 Å². The van der Waals surface area contributed by atoms with Crippen molar-refractivity contribution in [2.45, 2.75) is 178 Å². The molecule has 17 nitrogen and oxygen atoms in total. The Kier molecular flexibility index (Phi) is 21.7. The number of piperidine rings is 1. The molecule has 20 heteroatoms. The largest absolute Gasteiger partial charge is 0.391 e. The number of nitrogen functional groups attached to an aromatic ring is 1. The summed E-state index contributed by atoms with van der Waals surface area (Å²) in [5.74, 6) is -0.423. The maximum Gasteiger partial charge on any atom is 0.246 e. The number of aromatic nitrogens is 3. The number of rotatable bonds is 25. The van der Waals surface area contributed by atoms with Crippen molar-refractivity contribution < 1.29 is 29.1 Å². The molecule has 0 saturated carbocycles. The Morgan fingerprint density at radius 1 is 0.893 bits per heavy atom. The normalized spacial score (nSPS) is 17.3. The SMILES string of the molecule is Cc1ncsc1-c1ccc([C@@H](C)NC(=O)[C@H]2C[C@H](O)CN2C(=O)[C@H](NC(=O)CCCCCCCCCCCNC(=O)CCC(=O)Nc2cccc(Sc3ncc(N4CCC(C)(N)CC4)nc3N)c2Cl)C(C)(C)C)cc1. The van der Waals surface area contributed by atoms with Crippen molar-refractivity contribution in [3.05, 3.63) is 70.5 Å².